The van der Waals surface area contributed by atoms with Crippen molar-refractivity contribution in [1.82, 2.24) is 0 Å². The molecule has 0 bridgehead atoms. The summed E-state index contributed by atoms with van der Waals surface area (Å²) >= 11 is 0. The zero-order valence-corrected chi connectivity index (χ0v) is 12.0. The Morgan fingerprint density at radius 1 is 0.800 bits per heavy atom. The van der Waals surface area contributed by atoms with E-state index < -0.39 is 0 Å². The van der Waals surface area contributed by atoms with Crippen LogP contribution in [0.2, 0.25) is 0 Å². The zero-order valence-electron chi connectivity index (χ0n) is 12.0. The number of terminal acetylenes is 1. The van der Waals surface area contributed by atoms with Crippen LogP contribution in [0.5, 0.6) is 0 Å². The van der Waals surface area contributed by atoms with Crippen molar-refractivity contribution in [2.45, 2.75) is 20.5 Å². The maximum atomic E-state index is 8.90. The Hall–Kier alpha value is -2.48. The third-order valence-electron chi connectivity index (χ3n) is 2.26. The standard InChI is InChI=1S/C15H12O.C2H6.C2H2/c16-12-15-10-8-14(9-11-15)7-6-13-4-2-1-3-5-13;2*1-2/h1-5,8-11,16H,12H2;1-2H3;1-2H. The number of hydrogen-bond donors (Lipinski definition) is 1. The average molecular weight is 264 g/mol. The summed E-state index contributed by atoms with van der Waals surface area (Å²) in [5.41, 5.74) is 2.88. The van der Waals surface area contributed by atoms with Crippen molar-refractivity contribution in [3.05, 3.63) is 71.3 Å². The van der Waals surface area contributed by atoms with Gasteiger partial charge in [-0.1, -0.05) is 56.0 Å². The molecule has 2 aromatic rings. The Morgan fingerprint density at radius 3 is 1.70 bits per heavy atom. The number of aliphatic hydroxyl groups is 1. The predicted octanol–water partition coefficient (Wildman–Crippen LogP) is 3.85. The van der Waals surface area contributed by atoms with E-state index in [9.17, 15) is 0 Å². The van der Waals surface area contributed by atoms with E-state index in [0.29, 0.717) is 0 Å². The fourth-order valence-electron chi connectivity index (χ4n) is 1.36. The molecular formula is C19H20O. The van der Waals surface area contributed by atoms with E-state index in [1.54, 1.807) is 0 Å². The Bertz CT molecular complexity index is 539. The Balaban J connectivity index is 0.000000829. The average Bonchev–Trinajstić information content (AvgIpc) is 2.58. The minimum Gasteiger partial charge on any atom is -0.392 e. The second-order valence-electron chi connectivity index (χ2n) is 3.47. The number of hydrogen-bond acceptors (Lipinski definition) is 1. The molecule has 102 valence electrons. The molecule has 2 aromatic carbocycles. The highest BCUT2D eigenvalue weighted by Gasteiger charge is 1.89. The van der Waals surface area contributed by atoms with E-state index in [1.165, 1.54) is 0 Å². The molecule has 0 aliphatic heterocycles. The van der Waals surface area contributed by atoms with Crippen LogP contribution in [-0.2, 0) is 6.61 Å². The van der Waals surface area contributed by atoms with E-state index >= 15 is 0 Å². The molecule has 0 aliphatic carbocycles. The molecule has 0 amide bonds. The smallest absolute Gasteiger partial charge is 0.0681 e. The lowest BCUT2D eigenvalue weighted by Crippen LogP contribution is -1.82. The minimum absolute atomic E-state index is 0.0758. The van der Waals surface area contributed by atoms with Gasteiger partial charge in [0.1, 0.15) is 0 Å². The van der Waals surface area contributed by atoms with Gasteiger partial charge in [0.05, 0.1) is 6.61 Å². The molecule has 0 heterocycles. The first-order chi connectivity index (χ1) is 9.88. The minimum atomic E-state index is 0.0758. The maximum Gasteiger partial charge on any atom is 0.0681 e. The van der Waals surface area contributed by atoms with E-state index in [0.717, 1.165) is 16.7 Å². The molecule has 0 spiro atoms. The Kier molecular flexibility index (Phi) is 10.2. The first-order valence-corrected chi connectivity index (χ1v) is 6.49. The third kappa shape index (κ3) is 6.45. The molecule has 0 fully saturated rings. The van der Waals surface area contributed by atoms with Gasteiger partial charge >= 0.3 is 0 Å². The fourth-order valence-corrected chi connectivity index (χ4v) is 1.36. The number of aliphatic hydroxyl groups excluding tert-OH is 1. The highest BCUT2D eigenvalue weighted by Crippen LogP contribution is 2.03. The SMILES string of the molecule is C#C.CC.OCc1ccc(C#Cc2ccccc2)cc1. The molecule has 1 heteroatoms. The van der Waals surface area contributed by atoms with Gasteiger partial charge in [0.2, 0.25) is 0 Å². The summed E-state index contributed by atoms with van der Waals surface area (Å²) in [5.74, 6) is 6.17. The van der Waals surface area contributed by atoms with Crippen LogP contribution in [0.4, 0.5) is 0 Å². The monoisotopic (exact) mass is 264 g/mol. The van der Waals surface area contributed by atoms with Gasteiger partial charge in [0, 0.05) is 11.1 Å². The quantitative estimate of drug-likeness (QED) is 0.776. The summed E-state index contributed by atoms with van der Waals surface area (Å²) in [6, 6.07) is 17.5. The van der Waals surface area contributed by atoms with Gasteiger partial charge in [-0.15, -0.1) is 12.8 Å². The molecule has 20 heavy (non-hydrogen) atoms. The molecule has 0 saturated heterocycles. The molecule has 0 radical (unpaired) electrons. The second-order valence-corrected chi connectivity index (χ2v) is 3.47. The molecule has 0 atom stereocenters. The van der Waals surface area contributed by atoms with Gasteiger partial charge in [-0.25, -0.2) is 0 Å². The van der Waals surface area contributed by atoms with Gasteiger partial charge in [-0.2, -0.15) is 0 Å². The van der Waals surface area contributed by atoms with Crippen LogP contribution in [-0.4, -0.2) is 5.11 Å². The van der Waals surface area contributed by atoms with Crippen LogP contribution in [0.3, 0.4) is 0 Å². The lowest BCUT2D eigenvalue weighted by Gasteiger charge is -1.94. The Labute approximate surface area is 122 Å². The van der Waals surface area contributed by atoms with Crippen molar-refractivity contribution in [1.29, 1.82) is 0 Å². The summed E-state index contributed by atoms with van der Waals surface area (Å²) in [6.45, 7) is 4.08. The molecule has 0 aliphatic rings. The van der Waals surface area contributed by atoms with Crippen molar-refractivity contribution in [2.24, 2.45) is 0 Å². The highest BCUT2D eigenvalue weighted by atomic mass is 16.3. The lowest BCUT2D eigenvalue weighted by atomic mass is 10.1. The van der Waals surface area contributed by atoms with Crippen LogP contribution in [0.15, 0.2) is 54.6 Å². The predicted molar refractivity (Wildman–Crippen MR) is 86.0 cm³/mol. The van der Waals surface area contributed by atoms with Gasteiger partial charge < -0.3 is 5.11 Å². The van der Waals surface area contributed by atoms with Crippen LogP contribution < -0.4 is 0 Å². The fraction of sp³-hybridized carbons (Fsp3) is 0.158. The van der Waals surface area contributed by atoms with Gasteiger partial charge in [0.15, 0.2) is 0 Å². The van der Waals surface area contributed by atoms with Crippen molar-refractivity contribution in [2.75, 3.05) is 0 Å². The highest BCUT2D eigenvalue weighted by molar-refractivity contribution is 5.43. The summed E-state index contributed by atoms with van der Waals surface area (Å²) in [7, 11) is 0. The molecule has 0 aromatic heterocycles. The normalized spacial score (nSPS) is 7.85. The third-order valence-corrected chi connectivity index (χ3v) is 2.26. The zero-order chi connectivity index (χ0) is 15.2. The molecular weight excluding hydrogens is 244 g/mol. The van der Waals surface area contributed by atoms with E-state index in [-0.39, 0.29) is 6.61 Å². The van der Waals surface area contributed by atoms with Crippen LogP contribution in [0.25, 0.3) is 0 Å². The summed E-state index contributed by atoms with van der Waals surface area (Å²) in [4.78, 5) is 0. The first-order valence-electron chi connectivity index (χ1n) is 6.49. The van der Waals surface area contributed by atoms with Crippen molar-refractivity contribution in [3.63, 3.8) is 0 Å². The van der Waals surface area contributed by atoms with Crippen LogP contribution in [0.1, 0.15) is 30.5 Å². The number of rotatable bonds is 1. The molecule has 0 saturated carbocycles. The largest absolute Gasteiger partial charge is 0.392 e. The molecule has 2 rings (SSSR count). The van der Waals surface area contributed by atoms with Gasteiger partial charge in [0.25, 0.3) is 0 Å². The van der Waals surface area contributed by atoms with Crippen molar-refractivity contribution >= 4 is 0 Å². The summed E-state index contributed by atoms with van der Waals surface area (Å²) in [5, 5.41) is 8.90. The van der Waals surface area contributed by atoms with Crippen LogP contribution in [0, 0.1) is 24.7 Å². The molecule has 0 unspecified atom stereocenters. The second kappa shape index (κ2) is 11.6. The van der Waals surface area contributed by atoms with E-state index in [2.05, 4.69) is 24.7 Å². The maximum absolute atomic E-state index is 8.90. The van der Waals surface area contributed by atoms with Gasteiger partial charge in [-0.05, 0) is 29.8 Å². The summed E-state index contributed by atoms with van der Waals surface area (Å²) in [6.07, 6.45) is 8.00. The molecule has 1 nitrogen and oxygen atoms in total. The summed E-state index contributed by atoms with van der Waals surface area (Å²) < 4.78 is 0. The lowest BCUT2D eigenvalue weighted by molar-refractivity contribution is 0.282. The molecule has 1 N–H and O–H groups in total. The van der Waals surface area contributed by atoms with E-state index in [4.69, 9.17) is 5.11 Å². The van der Waals surface area contributed by atoms with E-state index in [1.807, 2.05) is 68.4 Å². The van der Waals surface area contributed by atoms with Crippen molar-refractivity contribution in [3.8, 4) is 24.7 Å². The van der Waals surface area contributed by atoms with Gasteiger partial charge in [-0.3, -0.25) is 0 Å². The Morgan fingerprint density at radius 2 is 1.25 bits per heavy atom. The first kappa shape index (κ1) is 17.5. The topological polar surface area (TPSA) is 20.2 Å². The van der Waals surface area contributed by atoms with Crippen LogP contribution >= 0.6 is 0 Å². The number of benzene rings is 2. The van der Waals surface area contributed by atoms with Crippen molar-refractivity contribution < 1.29 is 5.11 Å².